The molecule has 5 nitrogen and oxygen atoms in total. The molecule has 0 radical (unpaired) electrons. The SMILES string of the molecule is CN1CCCC(CN=C(N)Nc2ccccn2)C1c1ccc(C(F)(F)F)cc1. The van der Waals surface area contributed by atoms with E-state index in [1.807, 2.05) is 19.2 Å². The lowest BCUT2D eigenvalue weighted by Gasteiger charge is -2.39. The standard InChI is InChI=1S/C20H24F3N5/c1-28-12-4-5-15(13-26-19(24)27-17-6-2-3-11-25-17)18(28)14-7-9-16(10-8-14)20(21,22)23/h2-3,6-11,15,18H,4-5,12-13H2,1H3,(H3,24,25,26,27). The zero-order valence-electron chi connectivity index (χ0n) is 15.7. The molecule has 1 fully saturated rings. The highest BCUT2D eigenvalue weighted by atomic mass is 19.4. The highest BCUT2D eigenvalue weighted by molar-refractivity contribution is 5.91. The van der Waals surface area contributed by atoms with Crippen LogP contribution in [0.25, 0.3) is 0 Å². The van der Waals surface area contributed by atoms with Gasteiger partial charge < -0.3 is 11.1 Å². The molecule has 1 saturated heterocycles. The Morgan fingerprint density at radius 2 is 2.00 bits per heavy atom. The molecule has 0 saturated carbocycles. The fourth-order valence-corrected chi connectivity index (χ4v) is 3.67. The number of hydrogen-bond donors (Lipinski definition) is 2. The Kier molecular flexibility index (Phi) is 6.18. The number of hydrogen-bond acceptors (Lipinski definition) is 3. The molecule has 28 heavy (non-hydrogen) atoms. The molecule has 8 heteroatoms. The largest absolute Gasteiger partial charge is 0.416 e. The molecule has 2 aromatic rings. The zero-order chi connectivity index (χ0) is 20.1. The van der Waals surface area contributed by atoms with Gasteiger partial charge in [0.2, 0.25) is 0 Å². The van der Waals surface area contributed by atoms with Gasteiger partial charge in [-0.1, -0.05) is 18.2 Å². The maximum Gasteiger partial charge on any atom is 0.416 e. The van der Waals surface area contributed by atoms with Crippen molar-refractivity contribution in [3.63, 3.8) is 0 Å². The van der Waals surface area contributed by atoms with Crippen molar-refractivity contribution in [3.8, 4) is 0 Å². The third-order valence-electron chi connectivity index (χ3n) is 5.00. The molecule has 2 heterocycles. The zero-order valence-corrected chi connectivity index (χ0v) is 15.7. The monoisotopic (exact) mass is 391 g/mol. The van der Waals surface area contributed by atoms with Gasteiger partial charge in [-0.3, -0.25) is 9.89 Å². The summed E-state index contributed by atoms with van der Waals surface area (Å²) in [5.74, 6) is 1.06. The van der Waals surface area contributed by atoms with Gasteiger partial charge in [0, 0.05) is 18.8 Å². The number of guanidine groups is 1. The van der Waals surface area contributed by atoms with Gasteiger partial charge in [0.25, 0.3) is 0 Å². The second-order valence-electron chi connectivity index (χ2n) is 7.01. The van der Waals surface area contributed by atoms with Crippen molar-refractivity contribution in [2.45, 2.75) is 25.1 Å². The van der Waals surface area contributed by atoms with Gasteiger partial charge in [-0.15, -0.1) is 0 Å². The molecule has 1 aliphatic heterocycles. The van der Waals surface area contributed by atoms with E-state index in [9.17, 15) is 13.2 Å². The summed E-state index contributed by atoms with van der Waals surface area (Å²) in [4.78, 5) is 10.8. The molecule has 1 aromatic heterocycles. The predicted octanol–water partition coefficient (Wildman–Crippen LogP) is 3.91. The Hall–Kier alpha value is -2.61. The van der Waals surface area contributed by atoms with E-state index in [1.165, 1.54) is 0 Å². The van der Waals surface area contributed by atoms with Crippen molar-refractivity contribution in [1.29, 1.82) is 0 Å². The summed E-state index contributed by atoms with van der Waals surface area (Å²) in [6.45, 7) is 1.38. The fraction of sp³-hybridized carbons (Fsp3) is 0.400. The molecule has 150 valence electrons. The van der Waals surface area contributed by atoms with Gasteiger partial charge in [0.05, 0.1) is 5.56 Å². The molecule has 2 unspecified atom stereocenters. The smallest absolute Gasteiger partial charge is 0.370 e. The molecule has 0 aliphatic carbocycles. The Morgan fingerprint density at radius 1 is 1.25 bits per heavy atom. The lowest BCUT2D eigenvalue weighted by molar-refractivity contribution is -0.137. The minimum Gasteiger partial charge on any atom is -0.370 e. The van der Waals surface area contributed by atoms with E-state index in [4.69, 9.17) is 5.73 Å². The molecule has 0 amide bonds. The Morgan fingerprint density at radius 3 is 2.64 bits per heavy atom. The van der Waals surface area contributed by atoms with Crippen LogP contribution in [0.5, 0.6) is 0 Å². The molecule has 0 bridgehead atoms. The normalized spacial score (nSPS) is 21.5. The summed E-state index contributed by atoms with van der Waals surface area (Å²) >= 11 is 0. The van der Waals surface area contributed by atoms with Crippen molar-refractivity contribution in [2.75, 3.05) is 25.5 Å². The van der Waals surface area contributed by atoms with Crippen molar-refractivity contribution in [1.82, 2.24) is 9.88 Å². The first kappa shape index (κ1) is 20.1. The van der Waals surface area contributed by atoms with E-state index in [0.29, 0.717) is 12.4 Å². The lowest BCUT2D eigenvalue weighted by atomic mass is 9.84. The number of halogens is 3. The minimum absolute atomic E-state index is 0.00225. The molecule has 1 aliphatic rings. The Balaban J connectivity index is 1.72. The predicted molar refractivity (Wildman–Crippen MR) is 104 cm³/mol. The minimum atomic E-state index is -4.33. The number of nitrogens with one attached hydrogen (secondary N) is 1. The van der Waals surface area contributed by atoms with E-state index in [-0.39, 0.29) is 17.9 Å². The summed E-state index contributed by atoms with van der Waals surface area (Å²) in [5, 5.41) is 2.95. The van der Waals surface area contributed by atoms with Crippen LogP contribution in [0, 0.1) is 5.92 Å². The van der Waals surface area contributed by atoms with Gasteiger partial charge in [0.1, 0.15) is 5.82 Å². The number of rotatable bonds is 4. The highest BCUT2D eigenvalue weighted by Gasteiger charge is 2.33. The van der Waals surface area contributed by atoms with Crippen molar-refractivity contribution < 1.29 is 13.2 Å². The summed E-state index contributed by atoms with van der Waals surface area (Å²) in [7, 11) is 1.99. The molecule has 3 rings (SSSR count). The number of nitrogens with zero attached hydrogens (tertiary/aromatic N) is 3. The second-order valence-corrected chi connectivity index (χ2v) is 7.01. The fourth-order valence-electron chi connectivity index (χ4n) is 3.67. The van der Waals surface area contributed by atoms with Crippen LogP contribution in [-0.2, 0) is 6.18 Å². The van der Waals surface area contributed by atoms with Gasteiger partial charge in [-0.2, -0.15) is 13.2 Å². The maximum absolute atomic E-state index is 12.8. The lowest BCUT2D eigenvalue weighted by Crippen LogP contribution is -2.38. The number of aromatic nitrogens is 1. The van der Waals surface area contributed by atoms with Crippen molar-refractivity contribution >= 4 is 11.8 Å². The van der Waals surface area contributed by atoms with E-state index < -0.39 is 11.7 Å². The quantitative estimate of drug-likeness (QED) is 0.613. The van der Waals surface area contributed by atoms with Crippen LogP contribution in [0.15, 0.2) is 53.7 Å². The summed E-state index contributed by atoms with van der Waals surface area (Å²) in [6, 6.07) is 10.9. The average molecular weight is 391 g/mol. The summed E-state index contributed by atoms with van der Waals surface area (Å²) < 4.78 is 38.5. The summed E-state index contributed by atoms with van der Waals surface area (Å²) in [6.07, 6.45) is -0.712. The van der Waals surface area contributed by atoms with Crippen LogP contribution in [0.4, 0.5) is 19.0 Å². The van der Waals surface area contributed by atoms with Crippen LogP contribution < -0.4 is 11.1 Å². The van der Waals surface area contributed by atoms with Crippen molar-refractivity contribution in [3.05, 3.63) is 59.8 Å². The third-order valence-corrected chi connectivity index (χ3v) is 5.00. The van der Waals surface area contributed by atoms with E-state index in [2.05, 4.69) is 20.2 Å². The van der Waals surface area contributed by atoms with E-state index >= 15 is 0 Å². The number of pyridine rings is 1. The molecule has 3 N–H and O–H groups in total. The first-order chi connectivity index (χ1) is 13.3. The van der Waals surface area contributed by atoms with Crippen LogP contribution in [-0.4, -0.2) is 36.0 Å². The van der Waals surface area contributed by atoms with Crippen LogP contribution in [0.3, 0.4) is 0 Å². The number of alkyl halides is 3. The van der Waals surface area contributed by atoms with Crippen molar-refractivity contribution in [2.24, 2.45) is 16.6 Å². The van der Waals surface area contributed by atoms with Crippen LogP contribution in [0.1, 0.15) is 30.0 Å². The number of piperidine rings is 1. The van der Waals surface area contributed by atoms with E-state index in [1.54, 1.807) is 24.4 Å². The summed E-state index contributed by atoms with van der Waals surface area (Å²) in [5.41, 5.74) is 6.21. The molecular weight excluding hydrogens is 367 g/mol. The Labute approximate surface area is 162 Å². The third kappa shape index (κ3) is 5.01. The van der Waals surface area contributed by atoms with Crippen LogP contribution >= 0.6 is 0 Å². The number of aliphatic imine (C=N–C) groups is 1. The van der Waals surface area contributed by atoms with Crippen LogP contribution in [0.2, 0.25) is 0 Å². The first-order valence-corrected chi connectivity index (χ1v) is 9.20. The maximum atomic E-state index is 12.8. The molecule has 2 atom stereocenters. The molecule has 0 spiro atoms. The number of likely N-dealkylation sites (tertiary alicyclic amines) is 1. The topological polar surface area (TPSA) is 66.5 Å². The van der Waals surface area contributed by atoms with Gasteiger partial charge in [0.15, 0.2) is 5.96 Å². The Bertz CT molecular complexity index is 790. The van der Waals surface area contributed by atoms with Gasteiger partial charge in [-0.05, 0) is 62.2 Å². The van der Waals surface area contributed by atoms with Gasteiger partial charge in [-0.25, -0.2) is 4.98 Å². The number of anilines is 1. The van der Waals surface area contributed by atoms with E-state index in [0.717, 1.165) is 37.1 Å². The first-order valence-electron chi connectivity index (χ1n) is 9.20. The number of nitrogens with two attached hydrogens (primary N) is 1. The van der Waals surface area contributed by atoms with Gasteiger partial charge >= 0.3 is 6.18 Å². The average Bonchev–Trinajstić information content (AvgIpc) is 2.67. The molecular formula is C20H24F3N5. The highest BCUT2D eigenvalue weighted by Crippen LogP contribution is 2.37. The number of benzene rings is 1. The molecule has 1 aromatic carbocycles. The second kappa shape index (κ2) is 8.60.